The molecule has 6 heteroatoms. The molecule has 0 bridgehead atoms. The summed E-state index contributed by atoms with van der Waals surface area (Å²) in [5.74, 6) is -1.22. The third-order valence-electron chi connectivity index (χ3n) is 2.80. The van der Waals surface area contributed by atoms with Gasteiger partial charge >= 0.3 is 5.97 Å². The molecule has 0 aliphatic heterocycles. The summed E-state index contributed by atoms with van der Waals surface area (Å²) in [5.41, 5.74) is 5.34. The van der Waals surface area contributed by atoms with Crippen LogP contribution in [0.5, 0.6) is 0 Å². The third kappa shape index (κ3) is 7.56. The lowest BCUT2D eigenvalue weighted by Crippen LogP contribution is -2.42. The standard InChI is InChI=1S/C13H24N2O4/c1-9(8-11(16)6-4-5-7-14)12(17)15-10(2)13(18)19-3/h9-10H,4-8,14H2,1-3H3,(H,15,17)/t9-,10+/m1/s1. The highest BCUT2D eigenvalue weighted by atomic mass is 16.5. The van der Waals surface area contributed by atoms with Gasteiger partial charge in [-0.25, -0.2) is 4.79 Å². The Morgan fingerprint density at radius 1 is 1.21 bits per heavy atom. The largest absolute Gasteiger partial charge is 0.467 e. The minimum absolute atomic E-state index is 0.0434. The van der Waals surface area contributed by atoms with Gasteiger partial charge < -0.3 is 15.8 Å². The van der Waals surface area contributed by atoms with Crippen LogP contribution in [-0.4, -0.2) is 37.4 Å². The van der Waals surface area contributed by atoms with E-state index in [1.165, 1.54) is 7.11 Å². The molecule has 0 aromatic carbocycles. The summed E-state index contributed by atoms with van der Waals surface area (Å²) in [7, 11) is 1.26. The molecule has 110 valence electrons. The van der Waals surface area contributed by atoms with Crippen molar-refractivity contribution in [2.75, 3.05) is 13.7 Å². The predicted molar refractivity (Wildman–Crippen MR) is 71.3 cm³/mol. The minimum atomic E-state index is -0.702. The van der Waals surface area contributed by atoms with Crippen LogP contribution in [0.1, 0.15) is 39.5 Å². The van der Waals surface area contributed by atoms with Crippen molar-refractivity contribution in [1.29, 1.82) is 0 Å². The number of hydrogen-bond donors (Lipinski definition) is 2. The lowest BCUT2D eigenvalue weighted by Gasteiger charge is -2.15. The molecule has 0 rings (SSSR count). The van der Waals surface area contributed by atoms with Gasteiger partial charge in [0.15, 0.2) is 0 Å². The van der Waals surface area contributed by atoms with Gasteiger partial charge in [0.05, 0.1) is 7.11 Å². The smallest absolute Gasteiger partial charge is 0.328 e. The van der Waals surface area contributed by atoms with Gasteiger partial charge in [-0.2, -0.15) is 0 Å². The highest BCUT2D eigenvalue weighted by Crippen LogP contribution is 2.08. The quantitative estimate of drug-likeness (QED) is 0.467. The lowest BCUT2D eigenvalue weighted by atomic mass is 10.00. The number of hydrogen-bond acceptors (Lipinski definition) is 5. The molecule has 0 aromatic rings. The maximum absolute atomic E-state index is 11.7. The first-order valence-electron chi connectivity index (χ1n) is 6.52. The zero-order valence-corrected chi connectivity index (χ0v) is 11.9. The zero-order valence-electron chi connectivity index (χ0n) is 11.9. The second-order valence-electron chi connectivity index (χ2n) is 4.64. The van der Waals surface area contributed by atoms with E-state index in [4.69, 9.17) is 5.73 Å². The van der Waals surface area contributed by atoms with Crippen molar-refractivity contribution in [3.8, 4) is 0 Å². The number of amides is 1. The Morgan fingerprint density at radius 2 is 1.84 bits per heavy atom. The Hall–Kier alpha value is -1.43. The molecule has 0 saturated heterocycles. The summed E-state index contributed by atoms with van der Waals surface area (Å²) in [6.45, 7) is 3.78. The Labute approximate surface area is 114 Å². The molecule has 0 aromatic heterocycles. The van der Waals surface area contributed by atoms with E-state index in [2.05, 4.69) is 10.1 Å². The molecule has 0 radical (unpaired) electrons. The van der Waals surface area contributed by atoms with E-state index in [0.29, 0.717) is 13.0 Å². The molecule has 0 spiro atoms. The molecule has 0 unspecified atom stereocenters. The van der Waals surface area contributed by atoms with E-state index in [0.717, 1.165) is 12.8 Å². The molecular formula is C13H24N2O4. The molecule has 19 heavy (non-hydrogen) atoms. The summed E-state index contributed by atoms with van der Waals surface area (Å²) < 4.78 is 4.51. The number of ether oxygens (including phenoxy) is 1. The molecule has 0 aliphatic rings. The van der Waals surface area contributed by atoms with Crippen molar-refractivity contribution in [2.24, 2.45) is 11.7 Å². The second-order valence-corrected chi connectivity index (χ2v) is 4.64. The topological polar surface area (TPSA) is 98.5 Å². The van der Waals surface area contributed by atoms with Crippen LogP contribution < -0.4 is 11.1 Å². The van der Waals surface area contributed by atoms with Crippen molar-refractivity contribution >= 4 is 17.7 Å². The number of unbranched alkanes of at least 4 members (excludes halogenated alkanes) is 1. The van der Waals surface area contributed by atoms with Crippen molar-refractivity contribution in [2.45, 2.75) is 45.6 Å². The van der Waals surface area contributed by atoms with Crippen LogP contribution >= 0.6 is 0 Å². The number of Topliss-reactive ketones (excluding diaryl/α,β-unsaturated/α-hetero) is 1. The normalized spacial score (nSPS) is 13.5. The molecular weight excluding hydrogens is 248 g/mol. The summed E-state index contributed by atoms with van der Waals surface area (Å²) >= 11 is 0. The number of carbonyl (C=O) groups excluding carboxylic acids is 3. The zero-order chi connectivity index (χ0) is 14.8. The van der Waals surface area contributed by atoms with E-state index >= 15 is 0 Å². The first-order valence-corrected chi connectivity index (χ1v) is 6.52. The maximum atomic E-state index is 11.7. The van der Waals surface area contributed by atoms with E-state index in [1.54, 1.807) is 13.8 Å². The fourth-order valence-corrected chi connectivity index (χ4v) is 1.59. The fraction of sp³-hybridized carbons (Fsp3) is 0.769. The van der Waals surface area contributed by atoms with Gasteiger partial charge in [0.25, 0.3) is 0 Å². The van der Waals surface area contributed by atoms with Crippen LogP contribution in [0.2, 0.25) is 0 Å². The van der Waals surface area contributed by atoms with E-state index in [-0.39, 0.29) is 18.1 Å². The van der Waals surface area contributed by atoms with Crippen LogP contribution in [0.3, 0.4) is 0 Å². The molecule has 0 fully saturated rings. The van der Waals surface area contributed by atoms with Crippen molar-refractivity contribution in [1.82, 2.24) is 5.32 Å². The predicted octanol–water partition coefficient (Wildman–Crippen LogP) is 0.388. The van der Waals surface area contributed by atoms with Crippen LogP contribution in [0.15, 0.2) is 0 Å². The van der Waals surface area contributed by atoms with Gasteiger partial charge in [0, 0.05) is 18.8 Å². The first-order chi connectivity index (χ1) is 8.92. The Morgan fingerprint density at radius 3 is 2.37 bits per heavy atom. The van der Waals surface area contributed by atoms with Gasteiger partial charge in [-0.3, -0.25) is 9.59 Å². The molecule has 1 amide bonds. The summed E-state index contributed by atoms with van der Waals surface area (Å²) in [6, 6.07) is -0.702. The number of nitrogens with two attached hydrogens (primary N) is 1. The molecule has 0 saturated carbocycles. The summed E-state index contributed by atoms with van der Waals surface area (Å²) in [5, 5.41) is 2.52. The monoisotopic (exact) mass is 272 g/mol. The molecule has 0 heterocycles. The van der Waals surface area contributed by atoms with Crippen molar-refractivity contribution < 1.29 is 19.1 Å². The van der Waals surface area contributed by atoms with Gasteiger partial charge in [-0.1, -0.05) is 6.92 Å². The Balaban J connectivity index is 4.05. The van der Waals surface area contributed by atoms with E-state index < -0.39 is 17.9 Å². The van der Waals surface area contributed by atoms with Gasteiger partial charge in [0.2, 0.25) is 5.91 Å². The van der Waals surface area contributed by atoms with Crippen molar-refractivity contribution in [3.63, 3.8) is 0 Å². The van der Waals surface area contributed by atoms with Crippen LogP contribution in [-0.2, 0) is 19.1 Å². The number of carbonyl (C=O) groups is 3. The number of rotatable bonds is 9. The van der Waals surface area contributed by atoms with Crippen LogP contribution in [0, 0.1) is 5.92 Å². The molecule has 2 atom stereocenters. The molecule has 0 aliphatic carbocycles. The highest BCUT2D eigenvalue weighted by Gasteiger charge is 2.21. The first kappa shape index (κ1) is 17.6. The third-order valence-corrected chi connectivity index (χ3v) is 2.80. The maximum Gasteiger partial charge on any atom is 0.328 e. The average Bonchev–Trinajstić information content (AvgIpc) is 2.37. The Kier molecular flexibility index (Phi) is 8.78. The number of esters is 1. The number of nitrogens with one attached hydrogen (secondary N) is 1. The summed E-state index contributed by atoms with van der Waals surface area (Å²) in [6.07, 6.45) is 2.19. The van der Waals surface area contributed by atoms with Crippen molar-refractivity contribution in [3.05, 3.63) is 0 Å². The van der Waals surface area contributed by atoms with Crippen LogP contribution in [0.25, 0.3) is 0 Å². The highest BCUT2D eigenvalue weighted by molar-refractivity contribution is 5.89. The van der Waals surface area contributed by atoms with Gasteiger partial charge in [0.1, 0.15) is 11.8 Å². The molecule has 3 N–H and O–H groups in total. The Bertz CT molecular complexity index is 318. The summed E-state index contributed by atoms with van der Waals surface area (Å²) in [4.78, 5) is 34.5. The average molecular weight is 272 g/mol. The van der Waals surface area contributed by atoms with E-state index in [9.17, 15) is 14.4 Å². The second kappa shape index (κ2) is 9.49. The number of ketones is 1. The minimum Gasteiger partial charge on any atom is -0.467 e. The SMILES string of the molecule is COC(=O)[C@H](C)NC(=O)[C@H](C)CC(=O)CCCCN. The van der Waals surface area contributed by atoms with Crippen LogP contribution in [0.4, 0.5) is 0 Å². The fourth-order valence-electron chi connectivity index (χ4n) is 1.59. The van der Waals surface area contributed by atoms with Gasteiger partial charge in [-0.15, -0.1) is 0 Å². The van der Waals surface area contributed by atoms with E-state index in [1.807, 2.05) is 0 Å². The number of methoxy groups -OCH3 is 1. The molecule has 6 nitrogen and oxygen atoms in total. The lowest BCUT2D eigenvalue weighted by molar-refractivity contribution is -0.145. The van der Waals surface area contributed by atoms with Gasteiger partial charge in [-0.05, 0) is 26.3 Å².